The Kier molecular flexibility index (Phi) is 5.07. The van der Waals surface area contributed by atoms with E-state index in [9.17, 15) is 4.79 Å². The highest BCUT2D eigenvalue weighted by molar-refractivity contribution is 5.77. The second-order valence-corrected chi connectivity index (χ2v) is 5.71. The Bertz CT molecular complexity index is 496. The van der Waals surface area contributed by atoms with Crippen molar-refractivity contribution >= 4 is 5.91 Å². The van der Waals surface area contributed by atoms with Crippen LogP contribution in [0.4, 0.5) is 0 Å². The molecule has 0 radical (unpaired) electrons. The molecule has 5 nitrogen and oxygen atoms in total. The Morgan fingerprint density at radius 1 is 1.24 bits per heavy atom. The minimum Gasteiger partial charge on any atom is -0.493 e. The van der Waals surface area contributed by atoms with E-state index in [1.54, 1.807) is 14.2 Å². The Labute approximate surface area is 125 Å². The molecule has 0 saturated heterocycles. The lowest BCUT2D eigenvalue weighted by Crippen LogP contribution is -2.41. The lowest BCUT2D eigenvalue weighted by molar-refractivity contribution is -0.122. The van der Waals surface area contributed by atoms with Crippen molar-refractivity contribution in [3.8, 4) is 11.5 Å². The average Bonchev–Trinajstić information content (AvgIpc) is 2.91. The van der Waals surface area contributed by atoms with Gasteiger partial charge in [0.2, 0.25) is 5.91 Å². The summed E-state index contributed by atoms with van der Waals surface area (Å²) in [5.74, 6) is 1.35. The van der Waals surface area contributed by atoms with Crippen molar-refractivity contribution in [2.24, 2.45) is 5.73 Å². The van der Waals surface area contributed by atoms with Gasteiger partial charge in [-0.1, -0.05) is 18.9 Å². The van der Waals surface area contributed by atoms with Crippen LogP contribution in [0, 0.1) is 0 Å². The number of hydrogen-bond acceptors (Lipinski definition) is 4. The zero-order valence-corrected chi connectivity index (χ0v) is 12.8. The molecule has 2 rings (SSSR count). The average molecular weight is 292 g/mol. The second-order valence-electron chi connectivity index (χ2n) is 5.71. The fourth-order valence-electron chi connectivity index (χ4n) is 2.83. The van der Waals surface area contributed by atoms with E-state index in [0.717, 1.165) is 31.2 Å². The third kappa shape index (κ3) is 4.11. The predicted molar refractivity (Wildman–Crippen MR) is 81.4 cm³/mol. The maximum atomic E-state index is 12.0. The van der Waals surface area contributed by atoms with Gasteiger partial charge >= 0.3 is 0 Å². The van der Waals surface area contributed by atoms with Crippen molar-refractivity contribution in [1.29, 1.82) is 0 Å². The molecule has 0 unspecified atom stereocenters. The Balaban J connectivity index is 1.89. The number of ether oxygens (including phenoxy) is 2. The third-order valence-electron chi connectivity index (χ3n) is 4.05. The number of amides is 1. The molecule has 5 heteroatoms. The minimum atomic E-state index is -0.304. The molecule has 1 aliphatic carbocycles. The van der Waals surface area contributed by atoms with Gasteiger partial charge in [0.25, 0.3) is 0 Å². The number of benzene rings is 1. The molecule has 0 heterocycles. The number of carbonyl (C=O) groups excluding carboxylic acids is 1. The highest BCUT2D eigenvalue weighted by atomic mass is 16.5. The van der Waals surface area contributed by atoms with Crippen molar-refractivity contribution in [3.05, 3.63) is 23.8 Å². The predicted octanol–water partition coefficient (Wildman–Crippen LogP) is 1.98. The molecule has 0 atom stereocenters. The van der Waals surface area contributed by atoms with Gasteiger partial charge < -0.3 is 20.5 Å². The van der Waals surface area contributed by atoms with Crippen LogP contribution >= 0.6 is 0 Å². The molecule has 1 aliphatic rings. The van der Waals surface area contributed by atoms with Gasteiger partial charge in [0, 0.05) is 18.5 Å². The fourth-order valence-corrected chi connectivity index (χ4v) is 2.83. The Morgan fingerprint density at radius 2 is 1.90 bits per heavy atom. The Hall–Kier alpha value is -1.75. The SMILES string of the molecule is COc1ccc(CNC(=O)CC2(N)CCCC2)cc1OC. The van der Waals surface area contributed by atoms with Crippen molar-refractivity contribution < 1.29 is 14.3 Å². The molecule has 116 valence electrons. The van der Waals surface area contributed by atoms with Crippen molar-refractivity contribution in [1.82, 2.24) is 5.32 Å². The second kappa shape index (κ2) is 6.80. The van der Waals surface area contributed by atoms with E-state index in [1.807, 2.05) is 18.2 Å². The minimum absolute atomic E-state index is 0.00850. The van der Waals surface area contributed by atoms with Crippen LogP contribution in [0.3, 0.4) is 0 Å². The van der Waals surface area contributed by atoms with E-state index >= 15 is 0 Å². The van der Waals surface area contributed by atoms with Gasteiger partial charge in [-0.15, -0.1) is 0 Å². The highest BCUT2D eigenvalue weighted by Crippen LogP contribution is 2.30. The number of nitrogens with one attached hydrogen (secondary N) is 1. The summed E-state index contributed by atoms with van der Waals surface area (Å²) in [6, 6.07) is 5.62. The zero-order chi connectivity index (χ0) is 15.3. The fraction of sp³-hybridized carbons (Fsp3) is 0.562. The molecule has 1 saturated carbocycles. The molecule has 21 heavy (non-hydrogen) atoms. The summed E-state index contributed by atoms with van der Waals surface area (Å²) in [4.78, 5) is 12.0. The molecule has 1 aromatic carbocycles. The van der Waals surface area contributed by atoms with Gasteiger partial charge in [0.15, 0.2) is 11.5 Å². The number of nitrogens with two attached hydrogens (primary N) is 1. The number of rotatable bonds is 6. The first-order valence-electron chi connectivity index (χ1n) is 7.33. The van der Waals surface area contributed by atoms with Crippen molar-refractivity contribution in [3.63, 3.8) is 0 Å². The molecule has 0 aliphatic heterocycles. The molecule has 3 N–H and O–H groups in total. The monoisotopic (exact) mass is 292 g/mol. The van der Waals surface area contributed by atoms with Crippen LogP contribution in [-0.4, -0.2) is 25.7 Å². The van der Waals surface area contributed by atoms with Gasteiger partial charge in [-0.2, -0.15) is 0 Å². The molecule has 1 amide bonds. The number of methoxy groups -OCH3 is 2. The van der Waals surface area contributed by atoms with Crippen LogP contribution in [0.2, 0.25) is 0 Å². The van der Waals surface area contributed by atoms with Crippen LogP contribution in [0.1, 0.15) is 37.7 Å². The molecule has 0 spiro atoms. The largest absolute Gasteiger partial charge is 0.493 e. The first-order chi connectivity index (χ1) is 10.1. The topological polar surface area (TPSA) is 73.6 Å². The van der Waals surface area contributed by atoms with Crippen molar-refractivity contribution in [2.45, 2.75) is 44.2 Å². The molecule has 0 bridgehead atoms. The quantitative estimate of drug-likeness (QED) is 0.841. The zero-order valence-electron chi connectivity index (χ0n) is 12.8. The highest BCUT2D eigenvalue weighted by Gasteiger charge is 2.31. The van der Waals surface area contributed by atoms with Gasteiger partial charge in [-0.25, -0.2) is 0 Å². The van der Waals surface area contributed by atoms with E-state index in [-0.39, 0.29) is 11.4 Å². The smallest absolute Gasteiger partial charge is 0.222 e. The van der Waals surface area contributed by atoms with Gasteiger partial charge in [-0.3, -0.25) is 4.79 Å². The number of carbonyl (C=O) groups is 1. The standard InChI is InChI=1S/C16H24N2O3/c1-20-13-6-5-12(9-14(13)21-2)11-18-15(19)10-16(17)7-3-4-8-16/h5-6,9H,3-4,7-8,10-11,17H2,1-2H3,(H,18,19). The van der Waals surface area contributed by atoms with E-state index in [4.69, 9.17) is 15.2 Å². The van der Waals surface area contributed by atoms with Crippen LogP contribution in [0.25, 0.3) is 0 Å². The van der Waals surface area contributed by atoms with Gasteiger partial charge in [0.05, 0.1) is 14.2 Å². The van der Waals surface area contributed by atoms with Crippen LogP contribution in [0.15, 0.2) is 18.2 Å². The van der Waals surface area contributed by atoms with Gasteiger partial charge in [-0.05, 0) is 30.5 Å². The summed E-state index contributed by atoms with van der Waals surface area (Å²) in [6.45, 7) is 0.468. The van der Waals surface area contributed by atoms with Crippen LogP contribution < -0.4 is 20.5 Å². The summed E-state index contributed by atoms with van der Waals surface area (Å²) < 4.78 is 10.4. The van der Waals surface area contributed by atoms with Crippen molar-refractivity contribution in [2.75, 3.05) is 14.2 Å². The maximum absolute atomic E-state index is 12.0. The van der Waals surface area contributed by atoms with E-state index in [2.05, 4.69) is 5.32 Å². The summed E-state index contributed by atoms with van der Waals surface area (Å²) in [6.07, 6.45) is 4.53. The maximum Gasteiger partial charge on any atom is 0.222 e. The van der Waals surface area contributed by atoms with Gasteiger partial charge in [0.1, 0.15) is 0 Å². The summed E-state index contributed by atoms with van der Waals surface area (Å²) >= 11 is 0. The molecule has 1 aromatic rings. The van der Waals surface area contributed by atoms with E-state index in [0.29, 0.717) is 24.5 Å². The first-order valence-corrected chi connectivity index (χ1v) is 7.33. The molecular weight excluding hydrogens is 268 g/mol. The van der Waals surface area contributed by atoms with Crippen LogP contribution in [0.5, 0.6) is 11.5 Å². The summed E-state index contributed by atoms with van der Waals surface area (Å²) in [5, 5.41) is 2.92. The lowest BCUT2D eigenvalue weighted by atomic mass is 9.94. The Morgan fingerprint density at radius 3 is 2.52 bits per heavy atom. The number of hydrogen-bond donors (Lipinski definition) is 2. The third-order valence-corrected chi connectivity index (χ3v) is 4.05. The lowest BCUT2D eigenvalue weighted by Gasteiger charge is -2.22. The molecule has 0 aromatic heterocycles. The van der Waals surface area contributed by atoms with E-state index < -0.39 is 0 Å². The summed E-state index contributed by atoms with van der Waals surface area (Å²) in [5.41, 5.74) is 6.88. The summed E-state index contributed by atoms with van der Waals surface area (Å²) in [7, 11) is 3.19. The molecular formula is C16H24N2O3. The van der Waals surface area contributed by atoms with Crippen LogP contribution in [-0.2, 0) is 11.3 Å². The molecule has 1 fully saturated rings. The normalized spacial score (nSPS) is 16.5. The van der Waals surface area contributed by atoms with E-state index in [1.165, 1.54) is 0 Å². The first kappa shape index (κ1) is 15.6.